The summed E-state index contributed by atoms with van der Waals surface area (Å²) in [5.41, 5.74) is 0.630. The van der Waals surface area contributed by atoms with Crippen molar-refractivity contribution in [3.63, 3.8) is 0 Å². The molecule has 1 rings (SSSR count). The summed E-state index contributed by atoms with van der Waals surface area (Å²) in [5.74, 6) is 1.11. The van der Waals surface area contributed by atoms with Gasteiger partial charge in [0.2, 0.25) is 0 Å². The summed E-state index contributed by atoms with van der Waals surface area (Å²) in [6.45, 7) is 2.19. The third-order valence-corrected chi connectivity index (χ3v) is 2.87. The van der Waals surface area contributed by atoms with Crippen LogP contribution in [0.25, 0.3) is 0 Å². The van der Waals surface area contributed by atoms with Gasteiger partial charge < -0.3 is 9.84 Å². The number of aliphatic hydroxyl groups is 1. The normalized spacial score (nSPS) is 12.5. The van der Waals surface area contributed by atoms with Gasteiger partial charge in [-0.25, -0.2) is 4.39 Å². The van der Waals surface area contributed by atoms with Crippen LogP contribution in [0.15, 0.2) is 18.2 Å². The maximum absolute atomic E-state index is 13.0. The minimum absolute atomic E-state index is 0.343. The van der Waals surface area contributed by atoms with Crippen LogP contribution in [0.4, 0.5) is 4.39 Å². The second-order valence-corrected chi connectivity index (χ2v) is 4.54. The number of ether oxygens (including phenoxy) is 1. The Balaban J connectivity index is 2.65. The molecular formula is C12H17FO2S. The van der Waals surface area contributed by atoms with Crippen molar-refractivity contribution in [1.82, 2.24) is 0 Å². The Morgan fingerprint density at radius 1 is 1.50 bits per heavy atom. The lowest BCUT2D eigenvalue weighted by Crippen LogP contribution is -2.03. The molecule has 0 aromatic heterocycles. The van der Waals surface area contributed by atoms with Gasteiger partial charge in [-0.1, -0.05) is 0 Å². The van der Waals surface area contributed by atoms with Crippen molar-refractivity contribution in [2.45, 2.75) is 19.4 Å². The summed E-state index contributed by atoms with van der Waals surface area (Å²) < 4.78 is 18.5. The van der Waals surface area contributed by atoms with Gasteiger partial charge in [0.15, 0.2) is 0 Å². The SMILES string of the molecule is CSCCCOc1cc(F)ccc1[C@H](C)O. The number of hydrogen-bond acceptors (Lipinski definition) is 3. The Kier molecular flexibility index (Phi) is 5.63. The summed E-state index contributed by atoms with van der Waals surface area (Å²) in [5, 5.41) is 9.49. The van der Waals surface area contributed by atoms with Crippen LogP contribution in [0.1, 0.15) is 25.0 Å². The van der Waals surface area contributed by atoms with E-state index in [0.29, 0.717) is 17.9 Å². The molecule has 0 fully saturated rings. The van der Waals surface area contributed by atoms with Gasteiger partial charge >= 0.3 is 0 Å². The molecule has 0 amide bonds. The van der Waals surface area contributed by atoms with Crippen LogP contribution in [-0.2, 0) is 0 Å². The maximum Gasteiger partial charge on any atom is 0.127 e. The molecule has 0 aliphatic heterocycles. The Morgan fingerprint density at radius 2 is 2.25 bits per heavy atom. The highest BCUT2D eigenvalue weighted by Crippen LogP contribution is 2.26. The summed E-state index contributed by atoms with van der Waals surface area (Å²) in [7, 11) is 0. The van der Waals surface area contributed by atoms with Crippen LogP contribution in [0, 0.1) is 5.82 Å². The molecule has 4 heteroatoms. The molecule has 16 heavy (non-hydrogen) atoms. The maximum atomic E-state index is 13.0. The molecule has 0 spiro atoms. The van der Waals surface area contributed by atoms with Gasteiger partial charge in [-0.05, 0) is 37.5 Å². The smallest absolute Gasteiger partial charge is 0.127 e. The molecule has 0 saturated carbocycles. The summed E-state index contributed by atoms with van der Waals surface area (Å²) in [6.07, 6.45) is 2.30. The van der Waals surface area contributed by atoms with Gasteiger partial charge in [-0.15, -0.1) is 0 Å². The van der Waals surface area contributed by atoms with Crippen LogP contribution in [0.2, 0.25) is 0 Å². The lowest BCUT2D eigenvalue weighted by molar-refractivity contribution is 0.191. The first-order valence-corrected chi connectivity index (χ1v) is 6.63. The predicted octanol–water partition coefficient (Wildman–Crippen LogP) is 3.01. The molecule has 1 N–H and O–H groups in total. The summed E-state index contributed by atoms with van der Waals surface area (Å²) in [6, 6.07) is 4.21. The zero-order valence-electron chi connectivity index (χ0n) is 9.57. The van der Waals surface area contributed by atoms with Crippen LogP contribution >= 0.6 is 11.8 Å². The predicted molar refractivity (Wildman–Crippen MR) is 65.5 cm³/mol. The van der Waals surface area contributed by atoms with E-state index in [0.717, 1.165) is 12.2 Å². The molecule has 1 aromatic carbocycles. The lowest BCUT2D eigenvalue weighted by Gasteiger charge is -2.13. The number of aliphatic hydroxyl groups excluding tert-OH is 1. The number of halogens is 1. The second kappa shape index (κ2) is 6.76. The molecule has 0 saturated heterocycles. The van der Waals surface area contributed by atoms with E-state index in [1.807, 2.05) is 6.26 Å². The highest BCUT2D eigenvalue weighted by atomic mass is 32.2. The largest absolute Gasteiger partial charge is 0.493 e. The van der Waals surface area contributed by atoms with E-state index in [1.165, 1.54) is 12.1 Å². The first kappa shape index (κ1) is 13.3. The molecule has 0 bridgehead atoms. The molecule has 1 aromatic rings. The molecule has 2 nitrogen and oxygen atoms in total. The Hall–Kier alpha value is -0.740. The van der Waals surface area contributed by atoms with Crippen LogP contribution in [0.5, 0.6) is 5.75 Å². The van der Waals surface area contributed by atoms with E-state index in [-0.39, 0.29) is 5.82 Å². The topological polar surface area (TPSA) is 29.5 Å². The third kappa shape index (κ3) is 4.02. The highest BCUT2D eigenvalue weighted by molar-refractivity contribution is 7.98. The molecule has 1 atom stereocenters. The Bertz CT molecular complexity index is 329. The number of rotatable bonds is 6. The van der Waals surface area contributed by atoms with Crippen molar-refractivity contribution in [1.29, 1.82) is 0 Å². The van der Waals surface area contributed by atoms with E-state index < -0.39 is 6.10 Å². The lowest BCUT2D eigenvalue weighted by atomic mass is 10.1. The van der Waals surface area contributed by atoms with Crippen LogP contribution in [0.3, 0.4) is 0 Å². The molecule has 0 aliphatic carbocycles. The minimum Gasteiger partial charge on any atom is -0.493 e. The van der Waals surface area contributed by atoms with Gasteiger partial charge in [0, 0.05) is 11.6 Å². The van der Waals surface area contributed by atoms with Gasteiger partial charge in [-0.2, -0.15) is 11.8 Å². The van der Waals surface area contributed by atoms with Crippen LogP contribution in [-0.4, -0.2) is 23.7 Å². The van der Waals surface area contributed by atoms with Crippen molar-refractivity contribution in [2.24, 2.45) is 0 Å². The van der Waals surface area contributed by atoms with E-state index >= 15 is 0 Å². The average molecular weight is 244 g/mol. The zero-order valence-corrected chi connectivity index (χ0v) is 10.4. The minimum atomic E-state index is -0.642. The number of hydrogen-bond donors (Lipinski definition) is 1. The van der Waals surface area contributed by atoms with Crippen molar-refractivity contribution >= 4 is 11.8 Å². The molecule has 90 valence electrons. The van der Waals surface area contributed by atoms with Crippen molar-refractivity contribution in [2.75, 3.05) is 18.6 Å². The Morgan fingerprint density at radius 3 is 2.88 bits per heavy atom. The van der Waals surface area contributed by atoms with Gasteiger partial charge in [-0.3, -0.25) is 0 Å². The summed E-state index contributed by atoms with van der Waals surface area (Å²) >= 11 is 1.75. The molecular weight excluding hydrogens is 227 g/mol. The van der Waals surface area contributed by atoms with Gasteiger partial charge in [0.05, 0.1) is 12.7 Å². The van der Waals surface area contributed by atoms with Gasteiger partial charge in [0.1, 0.15) is 11.6 Å². The molecule has 0 aliphatic rings. The standard InChI is InChI=1S/C12H17FO2S/c1-9(14)11-5-4-10(13)8-12(11)15-6-3-7-16-2/h4-5,8-9,14H,3,6-7H2,1-2H3/t9-/m0/s1. The van der Waals surface area contributed by atoms with Gasteiger partial charge in [0.25, 0.3) is 0 Å². The van der Waals surface area contributed by atoms with E-state index in [4.69, 9.17) is 4.74 Å². The number of benzene rings is 1. The third-order valence-electron chi connectivity index (χ3n) is 2.18. The molecule has 0 radical (unpaired) electrons. The fourth-order valence-electron chi connectivity index (χ4n) is 1.36. The fraction of sp³-hybridized carbons (Fsp3) is 0.500. The van der Waals surface area contributed by atoms with Crippen LogP contribution < -0.4 is 4.74 Å². The van der Waals surface area contributed by atoms with Crippen molar-refractivity contribution in [3.8, 4) is 5.75 Å². The molecule has 0 heterocycles. The number of thioether (sulfide) groups is 1. The van der Waals surface area contributed by atoms with E-state index in [2.05, 4.69) is 0 Å². The van der Waals surface area contributed by atoms with E-state index in [9.17, 15) is 9.50 Å². The monoisotopic (exact) mass is 244 g/mol. The highest BCUT2D eigenvalue weighted by Gasteiger charge is 2.10. The first-order chi connectivity index (χ1) is 7.65. The zero-order chi connectivity index (χ0) is 12.0. The summed E-state index contributed by atoms with van der Waals surface area (Å²) in [4.78, 5) is 0. The first-order valence-electron chi connectivity index (χ1n) is 5.24. The fourth-order valence-corrected chi connectivity index (χ4v) is 1.77. The Labute approximate surface area is 99.8 Å². The van der Waals surface area contributed by atoms with Crippen molar-refractivity contribution < 1.29 is 14.2 Å². The van der Waals surface area contributed by atoms with Crippen molar-refractivity contribution in [3.05, 3.63) is 29.6 Å². The second-order valence-electron chi connectivity index (χ2n) is 3.55. The quantitative estimate of drug-likeness (QED) is 0.780. The molecule has 0 unspecified atom stereocenters. The average Bonchev–Trinajstić information content (AvgIpc) is 2.24. The van der Waals surface area contributed by atoms with E-state index in [1.54, 1.807) is 24.8 Å².